The zero-order valence-corrected chi connectivity index (χ0v) is 11.7. The van der Waals surface area contributed by atoms with Crippen LogP contribution in [0.2, 0.25) is 0 Å². The van der Waals surface area contributed by atoms with Gasteiger partial charge in [-0.1, -0.05) is 40.2 Å². The molecule has 0 spiro atoms. The van der Waals surface area contributed by atoms with Crippen LogP contribution in [-0.2, 0) is 6.54 Å². The number of halogens is 1. The smallest absolute Gasteiger partial charge is 0.133 e. The predicted octanol–water partition coefficient (Wildman–Crippen LogP) is 4.10. The first-order valence-corrected chi connectivity index (χ1v) is 6.66. The number of amidine groups is 1. The molecule has 0 amide bonds. The fraction of sp³-hybridized carbons (Fsp3) is 0.133. The minimum atomic E-state index is 0.590. The molecule has 0 unspecified atom stereocenters. The van der Waals surface area contributed by atoms with Crippen LogP contribution in [0.4, 0.5) is 5.69 Å². The molecule has 1 aliphatic heterocycles. The van der Waals surface area contributed by atoms with Crippen molar-refractivity contribution in [3.05, 3.63) is 63.6 Å². The van der Waals surface area contributed by atoms with Gasteiger partial charge < -0.3 is 4.90 Å². The van der Waals surface area contributed by atoms with Crippen LogP contribution in [0.25, 0.3) is 0 Å². The number of hydrogen-bond acceptors (Lipinski definition) is 1. The first-order valence-electron chi connectivity index (χ1n) is 5.87. The van der Waals surface area contributed by atoms with E-state index in [4.69, 9.17) is 5.41 Å². The Kier molecular flexibility index (Phi) is 2.71. The maximum absolute atomic E-state index is 8.26. The molecule has 0 radical (unpaired) electrons. The molecule has 0 saturated carbocycles. The molecule has 18 heavy (non-hydrogen) atoms. The van der Waals surface area contributed by atoms with Gasteiger partial charge in [0.15, 0.2) is 0 Å². The summed E-state index contributed by atoms with van der Waals surface area (Å²) in [6, 6.07) is 14.3. The van der Waals surface area contributed by atoms with E-state index in [1.165, 1.54) is 11.1 Å². The Hall–Kier alpha value is -1.61. The first-order chi connectivity index (χ1) is 8.66. The highest BCUT2D eigenvalue weighted by Crippen LogP contribution is 2.30. The number of fused-ring (bicyclic) bond motifs is 1. The van der Waals surface area contributed by atoms with Crippen LogP contribution in [0.5, 0.6) is 0 Å². The van der Waals surface area contributed by atoms with E-state index in [9.17, 15) is 0 Å². The quantitative estimate of drug-likeness (QED) is 0.843. The molecule has 1 N–H and O–H groups in total. The van der Waals surface area contributed by atoms with Gasteiger partial charge in [-0.25, -0.2) is 0 Å². The van der Waals surface area contributed by atoms with Gasteiger partial charge in [0.05, 0.1) is 6.54 Å². The minimum Gasteiger partial charge on any atom is -0.322 e. The van der Waals surface area contributed by atoms with Gasteiger partial charge in [-0.15, -0.1) is 0 Å². The Morgan fingerprint density at radius 2 is 1.94 bits per heavy atom. The summed E-state index contributed by atoms with van der Waals surface area (Å²) in [4.78, 5) is 2.05. The lowest BCUT2D eigenvalue weighted by molar-refractivity contribution is 1.04. The lowest BCUT2D eigenvalue weighted by Gasteiger charge is -2.18. The van der Waals surface area contributed by atoms with Crippen LogP contribution in [0.15, 0.2) is 46.9 Å². The van der Waals surface area contributed by atoms with Crippen molar-refractivity contribution in [2.24, 2.45) is 0 Å². The van der Waals surface area contributed by atoms with Gasteiger partial charge in [-0.05, 0) is 36.2 Å². The topological polar surface area (TPSA) is 27.1 Å². The Morgan fingerprint density at radius 3 is 2.67 bits per heavy atom. The summed E-state index contributed by atoms with van der Waals surface area (Å²) < 4.78 is 1.11. The molecule has 3 heteroatoms. The molecule has 2 aromatic carbocycles. The normalized spacial score (nSPS) is 13.9. The van der Waals surface area contributed by atoms with Crippen molar-refractivity contribution in [1.29, 1.82) is 5.41 Å². The van der Waals surface area contributed by atoms with Crippen molar-refractivity contribution in [3.8, 4) is 0 Å². The predicted molar refractivity (Wildman–Crippen MR) is 78.3 cm³/mol. The number of hydrogen-bond donors (Lipinski definition) is 1. The molecule has 1 heterocycles. The van der Waals surface area contributed by atoms with Gasteiger partial charge in [0.1, 0.15) is 5.84 Å². The highest BCUT2D eigenvalue weighted by Gasteiger charge is 2.24. The van der Waals surface area contributed by atoms with E-state index in [1.54, 1.807) is 0 Å². The standard InChI is InChI=1S/C15H13BrN2/c1-10-8-12(6-7-14(10)16)18-9-11-4-2-3-5-13(11)15(18)17/h2-8,17H,9H2,1H3. The van der Waals surface area contributed by atoms with Crippen molar-refractivity contribution in [1.82, 2.24) is 0 Å². The molecule has 0 fully saturated rings. The van der Waals surface area contributed by atoms with Gasteiger partial charge in [-0.3, -0.25) is 5.41 Å². The highest BCUT2D eigenvalue weighted by molar-refractivity contribution is 9.10. The molecule has 0 saturated heterocycles. The third-order valence-corrected chi connectivity index (χ3v) is 4.21. The lowest BCUT2D eigenvalue weighted by atomic mass is 10.1. The van der Waals surface area contributed by atoms with Gasteiger partial charge in [-0.2, -0.15) is 0 Å². The van der Waals surface area contributed by atoms with E-state index in [0.717, 1.165) is 22.3 Å². The minimum absolute atomic E-state index is 0.590. The van der Waals surface area contributed by atoms with Crippen LogP contribution in [0.1, 0.15) is 16.7 Å². The third-order valence-electron chi connectivity index (χ3n) is 3.32. The SMILES string of the molecule is Cc1cc(N2Cc3ccccc3C2=N)ccc1Br. The van der Waals surface area contributed by atoms with Gasteiger partial charge in [0.25, 0.3) is 0 Å². The average molecular weight is 301 g/mol. The van der Waals surface area contributed by atoms with Crippen LogP contribution >= 0.6 is 15.9 Å². The molecule has 2 aromatic rings. The van der Waals surface area contributed by atoms with Crippen molar-refractivity contribution in [2.45, 2.75) is 13.5 Å². The van der Waals surface area contributed by atoms with E-state index in [1.807, 2.05) is 29.2 Å². The molecule has 0 aliphatic carbocycles. The summed E-state index contributed by atoms with van der Waals surface area (Å²) in [5.41, 5.74) is 4.54. The van der Waals surface area contributed by atoms with Crippen LogP contribution in [0.3, 0.4) is 0 Å². The van der Waals surface area contributed by atoms with E-state index in [2.05, 4.69) is 41.1 Å². The van der Waals surface area contributed by atoms with E-state index < -0.39 is 0 Å². The van der Waals surface area contributed by atoms with Gasteiger partial charge in [0.2, 0.25) is 0 Å². The van der Waals surface area contributed by atoms with E-state index >= 15 is 0 Å². The van der Waals surface area contributed by atoms with Gasteiger partial charge >= 0.3 is 0 Å². The van der Waals surface area contributed by atoms with Crippen LogP contribution < -0.4 is 4.90 Å². The van der Waals surface area contributed by atoms with Crippen molar-refractivity contribution >= 4 is 27.5 Å². The molecule has 90 valence electrons. The summed E-state index contributed by atoms with van der Waals surface area (Å²) in [6.07, 6.45) is 0. The van der Waals surface area contributed by atoms with E-state index in [0.29, 0.717) is 5.84 Å². The largest absolute Gasteiger partial charge is 0.322 e. The monoisotopic (exact) mass is 300 g/mol. The zero-order valence-electron chi connectivity index (χ0n) is 10.1. The first kappa shape index (κ1) is 11.5. The number of nitrogens with one attached hydrogen (secondary N) is 1. The number of rotatable bonds is 1. The molecule has 0 bridgehead atoms. The fourth-order valence-corrected chi connectivity index (χ4v) is 2.55. The molecule has 0 atom stereocenters. The Labute approximate surface area is 115 Å². The second kappa shape index (κ2) is 4.25. The Bertz CT molecular complexity index is 634. The average Bonchev–Trinajstić information content (AvgIpc) is 2.71. The third kappa shape index (κ3) is 1.75. The van der Waals surface area contributed by atoms with E-state index in [-0.39, 0.29) is 0 Å². The summed E-state index contributed by atoms with van der Waals surface area (Å²) in [6.45, 7) is 2.86. The highest BCUT2D eigenvalue weighted by atomic mass is 79.9. The summed E-state index contributed by atoms with van der Waals surface area (Å²) in [7, 11) is 0. The number of anilines is 1. The van der Waals surface area contributed by atoms with Gasteiger partial charge in [0, 0.05) is 15.7 Å². The molecule has 2 nitrogen and oxygen atoms in total. The second-order valence-corrected chi connectivity index (χ2v) is 5.38. The number of nitrogens with zero attached hydrogens (tertiary/aromatic N) is 1. The zero-order chi connectivity index (χ0) is 12.7. The second-order valence-electron chi connectivity index (χ2n) is 4.53. The maximum atomic E-state index is 8.26. The maximum Gasteiger partial charge on any atom is 0.133 e. The summed E-state index contributed by atoms with van der Waals surface area (Å²) >= 11 is 3.51. The molecule has 3 rings (SSSR count). The Morgan fingerprint density at radius 1 is 1.17 bits per heavy atom. The van der Waals surface area contributed by atoms with Crippen molar-refractivity contribution in [3.63, 3.8) is 0 Å². The van der Waals surface area contributed by atoms with Crippen LogP contribution in [0, 0.1) is 12.3 Å². The fourth-order valence-electron chi connectivity index (χ4n) is 2.30. The van der Waals surface area contributed by atoms with Crippen molar-refractivity contribution in [2.75, 3.05) is 4.90 Å². The number of benzene rings is 2. The molecule has 1 aliphatic rings. The summed E-state index contributed by atoms with van der Waals surface area (Å²) in [5.74, 6) is 0.590. The molecule has 0 aromatic heterocycles. The Balaban J connectivity index is 2.01. The molecular formula is C15H13BrN2. The molecular weight excluding hydrogens is 288 g/mol. The summed E-state index contributed by atoms with van der Waals surface area (Å²) in [5, 5.41) is 8.26. The van der Waals surface area contributed by atoms with Crippen LogP contribution in [-0.4, -0.2) is 5.84 Å². The van der Waals surface area contributed by atoms with Crippen molar-refractivity contribution < 1.29 is 0 Å². The lowest BCUT2D eigenvalue weighted by Crippen LogP contribution is -2.23. The number of aryl methyl sites for hydroxylation is 1.